The Morgan fingerprint density at radius 3 is 2.50 bits per heavy atom. The van der Waals surface area contributed by atoms with Gasteiger partial charge in [-0.15, -0.1) is 0 Å². The van der Waals surface area contributed by atoms with E-state index in [1.807, 2.05) is 31.2 Å². The van der Waals surface area contributed by atoms with Crippen LogP contribution in [0.3, 0.4) is 0 Å². The minimum Gasteiger partial charge on any atom is -0.452 e. The van der Waals surface area contributed by atoms with Gasteiger partial charge in [-0.1, -0.05) is 43.3 Å². The van der Waals surface area contributed by atoms with Gasteiger partial charge in [0.15, 0.2) is 5.76 Å². The van der Waals surface area contributed by atoms with E-state index in [9.17, 15) is 9.59 Å². The van der Waals surface area contributed by atoms with Crippen molar-refractivity contribution in [3.05, 3.63) is 94.4 Å². The zero-order valence-corrected chi connectivity index (χ0v) is 15.2. The number of esters is 1. The molecule has 2 aromatic heterocycles. The second-order valence-corrected chi connectivity index (χ2v) is 6.26. The summed E-state index contributed by atoms with van der Waals surface area (Å²) in [5, 5.41) is 0.386. The molecule has 4 aromatic rings. The summed E-state index contributed by atoms with van der Waals surface area (Å²) >= 11 is 0. The molecule has 4 rings (SSSR count). The van der Waals surface area contributed by atoms with Crippen molar-refractivity contribution in [2.24, 2.45) is 0 Å². The number of hydrogen-bond donors (Lipinski definition) is 0. The smallest absolute Gasteiger partial charge is 0.343 e. The van der Waals surface area contributed by atoms with Gasteiger partial charge in [0, 0.05) is 18.0 Å². The molecule has 5 heteroatoms. The summed E-state index contributed by atoms with van der Waals surface area (Å²) in [4.78, 5) is 29.7. The molecule has 0 fully saturated rings. The maximum absolute atomic E-state index is 13.2. The lowest BCUT2D eigenvalue weighted by atomic mass is 10.1. The van der Waals surface area contributed by atoms with E-state index in [1.165, 1.54) is 24.5 Å². The monoisotopic (exact) mass is 371 g/mol. The minimum atomic E-state index is -0.641. The second kappa shape index (κ2) is 7.48. The van der Waals surface area contributed by atoms with Crippen LogP contribution in [0.2, 0.25) is 0 Å². The summed E-state index contributed by atoms with van der Waals surface area (Å²) in [6.07, 6.45) is 3.76. The molecule has 0 aliphatic heterocycles. The van der Waals surface area contributed by atoms with Gasteiger partial charge < -0.3 is 9.15 Å². The SMILES string of the molecule is CCc1ccc2oc(-c3ccccc3)c(OC(=O)c3ccncc3)c(=O)c2c1. The first-order valence-electron chi connectivity index (χ1n) is 8.94. The number of benzene rings is 2. The van der Waals surface area contributed by atoms with E-state index < -0.39 is 5.97 Å². The lowest BCUT2D eigenvalue weighted by Crippen LogP contribution is -2.16. The first-order valence-corrected chi connectivity index (χ1v) is 8.94. The highest BCUT2D eigenvalue weighted by molar-refractivity contribution is 5.92. The van der Waals surface area contributed by atoms with Crippen molar-refractivity contribution in [1.29, 1.82) is 0 Å². The molecule has 0 atom stereocenters. The first-order chi connectivity index (χ1) is 13.7. The van der Waals surface area contributed by atoms with Gasteiger partial charge in [0.05, 0.1) is 10.9 Å². The molecule has 0 aliphatic rings. The molecule has 5 nitrogen and oxygen atoms in total. The molecule has 0 radical (unpaired) electrons. The molecule has 0 N–H and O–H groups in total. The van der Waals surface area contributed by atoms with Crippen LogP contribution < -0.4 is 10.2 Å². The lowest BCUT2D eigenvalue weighted by Gasteiger charge is -2.11. The molecule has 0 saturated heterocycles. The minimum absolute atomic E-state index is 0.117. The van der Waals surface area contributed by atoms with Crippen molar-refractivity contribution < 1.29 is 13.9 Å². The van der Waals surface area contributed by atoms with E-state index in [1.54, 1.807) is 24.3 Å². The summed E-state index contributed by atoms with van der Waals surface area (Å²) < 4.78 is 11.5. The first kappa shape index (κ1) is 17.7. The number of nitrogens with zero attached hydrogens (tertiary/aromatic N) is 1. The molecule has 2 heterocycles. The van der Waals surface area contributed by atoms with Crippen molar-refractivity contribution in [3.8, 4) is 17.1 Å². The fraction of sp³-hybridized carbons (Fsp3) is 0.0870. The van der Waals surface area contributed by atoms with E-state index >= 15 is 0 Å². The van der Waals surface area contributed by atoms with Gasteiger partial charge >= 0.3 is 5.97 Å². The number of fused-ring (bicyclic) bond motifs is 1. The Bertz CT molecular complexity index is 1200. The number of rotatable bonds is 4. The third kappa shape index (κ3) is 3.30. The fourth-order valence-corrected chi connectivity index (χ4v) is 2.96. The molecule has 138 valence electrons. The van der Waals surface area contributed by atoms with Crippen molar-refractivity contribution in [3.63, 3.8) is 0 Å². The number of aromatic nitrogens is 1. The number of aryl methyl sites for hydroxylation is 1. The Labute approximate surface area is 161 Å². The van der Waals surface area contributed by atoms with Gasteiger partial charge in [0.1, 0.15) is 5.58 Å². The van der Waals surface area contributed by atoms with E-state index in [0.717, 1.165) is 12.0 Å². The molecular weight excluding hydrogens is 354 g/mol. The van der Waals surface area contributed by atoms with Crippen molar-refractivity contribution in [1.82, 2.24) is 4.98 Å². The van der Waals surface area contributed by atoms with Crippen LogP contribution in [0.25, 0.3) is 22.3 Å². The van der Waals surface area contributed by atoms with Gasteiger partial charge in [-0.25, -0.2) is 4.79 Å². The predicted octanol–water partition coefficient (Wildman–Crippen LogP) is 4.64. The van der Waals surface area contributed by atoms with Crippen LogP contribution in [0, 0.1) is 0 Å². The lowest BCUT2D eigenvalue weighted by molar-refractivity contribution is 0.0731. The maximum atomic E-state index is 13.2. The molecule has 0 unspecified atom stereocenters. The number of pyridine rings is 1. The van der Waals surface area contributed by atoms with Gasteiger partial charge in [-0.2, -0.15) is 0 Å². The van der Waals surface area contributed by atoms with Crippen LogP contribution in [-0.2, 0) is 6.42 Å². The van der Waals surface area contributed by atoms with E-state index in [2.05, 4.69) is 4.98 Å². The van der Waals surface area contributed by atoms with Crippen LogP contribution in [0.5, 0.6) is 5.75 Å². The number of ether oxygens (including phenoxy) is 1. The molecule has 0 saturated carbocycles. The zero-order chi connectivity index (χ0) is 19.5. The summed E-state index contributed by atoms with van der Waals surface area (Å²) in [6, 6.07) is 17.6. The quantitative estimate of drug-likeness (QED) is 0.489. The maximum Gasteiger partial charge on any atom is 0.343 e. The number of carbonyl (C=O) groups is 1. The van der Waals surface area contributed by atoms with E-state index in [4.69, 9.17) is 9.15 Å². The average molecular weight is 371 g/mol. The Morgan fingerprint density at radius 2 is 1.79 bits per heavy atom. The molecule has 0 aliphatic carbocycles. The summed E-state index contributed by atoms with van der Waals surface area (Å²) in [7, 11) is 0. The van der Waals surface area contributed by atoms with Gasteiger partial charge in [0.2, 0.25) is 11.2 Å². The standard InChI is InChI=1S/C23H17NO4/c1-2-15-8-9-19-18(14-15)20(25)22(21(27-19)16-6-4-3-5-7-16)28-23(26)17-10-12-24-13-11-17/h3-14H,2H2,1H3. The molecule has 2 aromatic carbocycles. The Hall–Kier alpha value is -3.73. The van der Waals surface area contributed by atoms with Crippen molar-refractivity contribution >= 4 is 16.9 Å². The molecule has 0 bridgehead atoms. The Morgan fingerprint density at radius 1 is 1.04 bits per heavy atom. The highest BCUT2D eigenvalue weighted by atomic mass is 16.5. The number of hydrogen-bond acceptors (Lipinski definition) is 5. The van der Waals surface area contributed by atoms with E-state index in [0.29, 0.717) is 22.1 Å². The van der Waals surface area contributed by atoms with Crippen LogP contribution in [-0.4, -0.2) is 11.0 Å². The summed E-state index contributed by atoms with van der Waals surface area (Å²) in [5.41, 5.74) is 2.02. The summed E-state index contributed by atoms with van der Waals surface area (Å²) in [5.74, 6) is -0.531. The highest BCUT2D eigenvalue weighted by Gasteiger charge is 2.21. The Kier molecular flexibility index (Phi) is 4.72. The van der Waals surface area contributed by atoms with Crippen LogP contribution in [0.1, 0.15) is 22.8 Å². The molecular formula is C23H17NO4. The molecule has 0 amide bonds. The fourth-order valence-electron chi connectivity index (χ4n) is 2.96. The second-order valence-electron chi connectivity index (χ2n) is 6.26. The average Bonchev–Trinajstić information content (AvgIpc) is 2.76. The van der Waals surface area contributed by atoms with Crippen LogP contribution in [0.4, 0.5) is 0 Å². The van der Waals surface area contributed by atoms with Crippen molar-refractivity contribution in [2.75, 3.05) is 0 Å². The Balaban J connectivity index is 1.92. The number of carbonyl (C=O) groups excluding carboxylic acids is 1. The predicted molar refractivity (Wildman–Crippen MR) is 106 cm³/mol. The zero-order valence-electron chi connectivity index (χ0n) is 15.2. The van der Waals surface area contributed by atoms with Gasteiger partial charge in [-0.3, -0.25) is 9.78 Å². The topological polar surface area (TPSA) is 69.4 Å². The third-order valence-electron chi connectivity index (χ3n) is 4.47. The third-order valence-corrected chi connectivity index (χ3v) is 4.47. The normalized spacial score (nSPS) is 10.8. The highest BCUT2D eigenvalue weighted by Crippen LogP contribution is 2.31. The van der Waals surface area contributed by atoms with Gasteiger partial charge in [0.25, 0.3) is 0 Å². The molecule has 28 heavy (non-hydrogen) atoms. The largest absolute Gasteiger partial charge is 0.452 e. The van der Waals surface area contributed by atoms with E-state index in [-0.39, 0.29) is 16.9 Å². The van der Waals surface area contributed by atoms with Gasteiger partial charge in [-0.05, 0) is 36.2 Å². The van der Waals surface area contributed by atoms with Crippen molar-refractivity contribution in [2.45, 2.75) is 13.3 Å². The van der Waals surface area contributed by atoms with Crippen LogP contribution in [0.15, 0.2) is 82.3 Å². The summed E-state index contributed by atoms with van der Waals surface area (Å²) in [6.45, 7) is 2.01. The molecule has 0 spiro atoms. The van der Waals surface area contributed by atoms with Crippen LogP contribution >= 0.6 is 0 Å².